The van der Waals surface area contributed by atoms with Crippen LogP contribution in [-0.4, -0.2) is 36.5 Å². The maximum atomic E-state index is 12.9. The van der Waals surface area contributed by atoms with Crippen LogP contribution in [0.2, 0.25) is 5.02 Å². The lowest BCUT2D eigenvalue weighted by molar-refractivity contribution is -0.384. The van der Waals surface area contributed by atoms with E-state index < -0.39 is 4.92 Å². The molecule has 0 unspecified atom stereocenters. The zero-order chi connectivity index (χ0) is 23.5. The number of anilines is 1. The molecule has 1 heterocycles. The molecule has 4 aromatic rings. The smallest absolute Gasteiger partial charge is 0.270 e. The van der Waals surface area contributed by atoms with Crippen molar-refractivity contribution in [2.75, 3.05) is 25.5 Å². The lowest BCUT2D eigenvalue weighted by Crippen LogP contribution is -2.29. The van der Waals surface area contributed by atoms with Crippen molar-refractivity contribution < 1.29 is 9.72 Å². The first kappa shape index (κ1) is 22.4. The zero-order valence-corrected chi connectivity index (χ0v) is 19.0. The van der Waals surface area contributed by atoms with E-state index in [9.17, 15) is 14.9 Å². The number of aromatic amines is 1. The second-order valence-electron chi connectivity index (χ2n) is 7.96. The summed E-state index contributed by atoms with van der Waals surface area (Å²) in [6.45, 7) is 0.329. The second-order valence-corrected chi connectivity index (χ2v) is 8.37. The van der Waals surface area contributed by atoms with E-state index in [1.165, 1.54) is 18.2 Å². The van der Waals surface area contributed by atoms with Crippen LogP contribution >= 0.6 is 11.6 Å². The van der Waals surface area contributed by atoms with E-state index in [1.807, 2.05) is 55.5 Å². The number of carbonyl (C=O) groups is 1. The number of para-hydroxylation sites is 1. The molecule has 33 heavy (non-hydrogen) atoms. The van der Waals surface area contributed by atoms with E-state index in [2.05, 4.69) is 28.5 Å². The van der Waals surface area contributed by atoms with Gasteiger partial charge in [-0.15, -0.1) is 0 Å². The minimum absolute atomic E-state index is 0.0423. The molecule has 0 saturated carbocycles. The van der Waals surface area contributed by atoms with E-state index in [0.29, 0.717) is 6.54 Å². The number of carbonyl (C=O) groups excluding carboxylic acids is 1. The Morgan fingerprint density at radius 2 is 1.85 bits per heavy atom. The first-order valence-electron chi connectivity index (χ1n) is 10.4. The molecular weight excluding hydrogens is 440 g/mol. The van der Waals surface area contributed by atoms with Gasteiger partial charge in [-0.05, 0) is 35.4 Å². The van der Waals surface area contributed by atoms with Gasteiger partial charge in [0.05, 0.1) is 15.5 Å². The molecule has 7 nitrogen and oxygen atoms in total. The summed E-state index contributed by atoms with van der Waals surface area (Å²) in [6, 6.07) is 20.1. The number of benzene rings is 3. The minimum Gasteiger partial charge on any atom is -0.378 e. The Labute approximate surface area is 196 Å². The molecule has 1 atom stereocenters. The average Bonchev–Trinajstić information content (AvgIpc) is 3.23. The molecule has 0 spiro atoms. The summed E-state index contributed by atoms with van der Waals surface area (Å²) in [4.78, 5) is 28.6. The van der Waals surface area contributed by atoms with Crippen LogP contribution in [0.4, 0.5) is 11.4 Å². The van der Waals surface area contributed by atoms with E-state index >= 15 is 0 Å². The summed E-state index contributed by atoms with van der Waals surface area (Å²) in [5, 5.41) is 15.0. The summed E-state index contributed by atoms with van der Waals surface area (Å²) < 4.78 is 0. The van der Waals surface area contributed by atoms with Crippen LogP contribution in [-0.2, 0) is 0 Å². The fraction of sp³-hybridized carbons (Fsp3) is 0.160. The fourth-order valence-electron chi connectivity index (χ4n) is 3.89. The topological polar surface area (TPSA) is 91.3 Å². The van der Waals surface area contributed by atoms with Gasteiger partial charge in [0.1, 0.15) is 0 Å². The van der Waals surface area contributed by atoms with Crippen molar-refractivity contribution in [3.63, 3.8) is 0 Å². The van der Waals surface area contributed by atoms with Gasteiger partial charge in [0.15, 0.2) is 0 Å². The SMILES string of the molecule is CN(C)c1ccc([C@H](CNC(=O)c2ccc([N+](=O)[O-])cc2Cl)c2c[nH]c3ccccc23)cc1. The van der Waals surface area contributed by atoms with Crippen LogP contribution in [0, 0.1) is 10.1 Å². The Kier molecular flexibility index (Phi) is 6.33. The third-order valence-electron chi connectivity index (χ3n) is 5.68. The monoisotopic (exact) mass is 462 g/mol. The number of nitrogens with zero attached hydrogens (tertiary/aromatic N) is 2. The summed E-state index contributed by atoms with van der Waals surface area (Å²) in [5.74, 6) is -0.497. The third kappa shape index (κ3) is 4.68. The molecule has 168 valence electrons. The molecule has 1 aromatic heterocycles. The van der Waals surface area contributed by atoms with Crippen molar-refractivity contribution >= 4 is 39.8 Å². The van der Waals surface area contributed by atoms with Crippen LogP contribution < -0.4 is 10.2 Å². The number of H-pyrrole nitrogens is 1. The van der Waals surface area contributed by atoms with E-state index in [-0.39, 0.29) is 28.1 Å². The van der Waals surface area contributed by atoms with Crippen molar-refractivity contribution in [3.05, 3.63) is 105 Å². The van der Waals surface area contributed by atoms with Gasteiger partial charge in [-0.2, -0.15) is 0 Å². The molecule has 0 aliphatic rings. The predicted octanol–water partition coefficient (Wildman–Crippen LogP) is 5.36. The van der Waals surface area contributed by atoms with Gasteiger partial charge in [-0.25, -0.2) is 0 Å². The molecule has 3 aromatic carbocycles. The molecule has 2 N–H and O–H groups in total. The quantitative estimate of drug-likeness (QED) is 0.286. The standard InChI is InChI=1S/C25H23ClN4O3/c1-29(2)17-9-7-16(8-10-17)21(22-15-27-24-6-4-3-5-19(22)24)14-28-25(31)20-12-11-18(30(32)33)13-23(20)26/h3-13,15,21,27H,14H2,1-2H3,(H,28,31)/t21-/m0/s1. The summed E-state index contributed by atoms with van der Waals surface area (Å²) in [7, 11) is 3.97. The van der Waals surface area contributed by atoms with Gasteiger partial charge in [0, 0.05) is 61.5 Å². The van der Waals surface area contributed by atoms with Gasteiger partial charge in [0.2, 0.25) is 0 Å². The van der Waals surface area contributed by atoms with Crippen LogP contribution in [0.3, 0.4) is 0 Å². The molecule has 0 fully saturated rings. The third-order valence-corrected chi connectivity index (χ3v) is 6.00. The number of non-ortho nitro benzene ring substituents is 1. The largest absolute Gasteiger partial charge is 0.378 e. The number of amides is 1. The first-order chi connectivity index (χ1) is 15.8. The molecule has 1 amide bonds. The number of rotatable bonds is 7. The fourth-order valence-corrected chi connectivity index (χ4v) is 4.15. The van der Waals surface area contributed by atoms with Crippen molar-refractivity contribution in [3.8, 4) is 0 Å². The van der Waals surface area contributed by atoms with Crippen molar-refractivity contribution in [2.24, 2.45) is 0 Å². The van der Waals surface area contributed by atoms with E-state index in [4.69, 9.17) is 11.6 Å². The van der Waals surface area contributed by atoms with Crippen molar-refractivity contribution in [2.45, 2.75) is 5.92 Å². The Hall–Kier alpha value is -3.84. The number of nitro benzene ring substituents is 1. The maximum Gasteiger partial charge on any atom is 0.270 e. The van der Waals surface area contributed by atoms with Crippen LogP contribution in [0.25, 0.3) is 10.9 Å². The lowest BCUT2D eigenvalue weighted by atomic mass is 9.90. The normalized spacial score (nSPS) is 11.8. The van der Waals surface area contributed by atoms with Gasteiger partial charge < -0.3 is 15.2 Å². The molecular formula is C25H23ClN4O3. The number of nitro groups is 1. The number of nitrogens with one attached hydrogen (secondary N) is 2. The number of aromatic nitrogens is 1. The van der Waals surface area contributed by atoms with Gasteiger partial charge in [-0.1, -0.05) is 41.9 Å². The highest BCUT2D eigenvalue weighted by molar-refractivity contribution is 6.34. The first-order valence-corrected chi connectivity index (χ1v) is 10.8. The maximum absolute atomic E-state index is 12.9. The van der Waals surface area contributed by atoms with Crippen molar-refractivity contribution in [1.29, 1.82) is 0 Å². The molecule has 0 aliphatic carbocycles. The number of fused-ring (bicyclic) bond motifs is 1. The summed E-state index contributed by atoms with van der Waals surface area (Å²) >= 11 is 6.15. The van der Waals surface area contributed by atoms with Crippen molar-refractivity contribution in [1.82, 2.24) is 10.3 Å². The highest BCUT2D eigenvalue weighted by atomic mass is 35.5. The van der Waals surface area contributed by atoms with Gasteiger partial charge >= 0.3 is 0 Å². The van der Waals surface area contributed by atoms with Crippen LogP contribution in [0.5, 0.6) is 0 Å². The lowest BCUT2D eigenvalue weighted by Gasteiger charge is -2.20. The second kappa shape index (κ2) is 9.34. The minimum atomic E-state index is -0.544. The summed E-state index contributed by atoms with van der Waals surface area (Å²) in [6.07, 6.45) is 1.97. The van der Waals surface area contributed by atoms with Crippen LogP contribution in [0.1, 0.15) is 27.4 Å². The Morgan fingerprint density at radius 1 is 1.12 bits per heavy atom. The molecule has 0 radical (unpaired) electrons. The van der Waals surface area contributed by atoms with Gasteiger partial charge in [0.25, 0.3) is 11.6 Å². The van der Waals surface area contributed by atoms with E-state index in [1.54, 1.807) is 0 Å². The Bertz CT molecular complexity index is 1310. The number of hydrogen-bond acceptors (Lipinski definition) is 4. The highest BCUT2D eigenvalue weighted by Crippen LogP contribution is 2.32. The van der Waals surface area contributed by atoms with Crippen LogP contribution in [0.15, 0.2) is 72.9 Å². The average molecular weight is 463 g/mol. The molecule has 8 heteroatoms. The molecule has 0 bridgehead atoms. The number of halogens is 1. The molecule has 0 saturated heterocycles. The number of hydrogen-bond donors (Lipinski definition) is 2. The molecule has 4 rings (SSSR count). The highest BCUT2D eigenvalue weighted by Gasteiger charge is 2.21. The van der Waals surface area contributed by atoms with E-state index in [0.717, 1.165) is 27.7 Å². The predicted molar refractivity (Wildman–Crippen MR) is 131 cm³/mol. The zero-order valence-electron chi connectivity index (χ0n) is 18.2. The summed E-state index contributed by atoms with van der Waals surface area (Å²) in [5.41, 5.74) is 4.26. The Balaban J connectivity index is 1.64. The Morgan fingerprint density at radius 3 is 2.52 bits per heavy atom. The van der Waals surface area contributed by atoms with Gasteiger partial charge in [-0.3, -0.25) is 14.9 Å². The molecule has 0 aliphatic heterocycles.